The van der Waals surface area contributed by atoms with Gasteiger partial charge in [-0.2, -0.15) is 9.61 Å². The Bertz CT molecular complexity index is 902. The molecule has 1 fully saturated rings. The summed E-state index contributed by atoms with van der Waals surface area (Å²) in [5, 5.41) is 4.32. The molecule has 0 aliphatic carbocycles. The van der Waals surface area contributed by atoms with Gasteiger partial charge in [-0.05, 0) is 40.5 Å². The Balaban J connectivity index is 1.90. The molecule has 3 heterocycles. The largest absolute Gasteiger partial charge is 0.481 e. The van der Waals surface area contributed by atoms with Crippen molar-refractivity contribution in [3.63, 3.8) is 0 Å². The van der Waals surface area contributed by atoms with Gasteiger partial charge in [0.25, 0.3) is 0 Å². The number of likely N-dealkylation sites (tertiary alicyclic amines) is 1. The minimum Gasteiger partial charge on any atom is -0.481 e. The first-order valence-corrected chi connectivity index (χ1v) is 9.15. The average molecular weight is 370 g/mol. The van der Waals surface area contributed by atoms with Gasteiger partial charge in [-0.25, -0.2) is 9.78 Å². The van der Waals surface area contributed by atoms with Gasteiger partial charge in [-0.15, -0.1) is 5.92 Å². The molecule has 7 heteroatoms. The fourth-order valence-corrected chi connectivity index (χ4v) is 3.24. The van der Waals surface area contributed by atoms with Crippen LogP contribution in [0.4, 0.5) is 4.79 Å². The Morgan fingerprint density at radius 1 is 1.37 bits per heavy atom. The zero-order chi connectivity index (χ0) is 19.6. The maximum atomic E-state index is 12.5. The molecule has 2 aromatic heterocycles. The number of methoxy groups -OCH3 is 1. The molecule has 7 nitrogen and oxygen atoms in total. The van der Waals surface area contributed by atoms with Crippen molar-refractivity contribution in [2.75, 3.05) is 20.2 Å². The van der Waals surface area contributed by atoms with Crippen LogP contribution in [-0.4, -0.2) is 51.4 Å². The smallest absolute Gasteiger partial charge is 0.410 e. The summed E-state index contributed by atoms with van der Waals surface area (Å²) in [7, 11) is 1.61. The standard InChI is InChI=1S/C20H26N4O3/c1-6-8-14-12-21-24-17(26-5)11-16(22-18(14)24)15-9-7-10-23(13-15)19(25)27-20(2,3)4/h11-12,15H,7,9-10,13H2,1-5H3. The van der Waals surface area contributed by atoms with Crippen LogP contribution in [0.2, 0.25) is 0 Å². The Hall–Kier alpha value is -2.75. The molecule has 2 aromatic rings. The quantitative estimate of drug-likeness (QED) is 0.759. The van der Waals surface area contributed by atoms with Crippen LogP contribution >= 0.6 is 0 Å². The van der Waals surface area contributed by atoms with E-state index in [-0.39, 0.29) is 12.0 Å². The van der Waals surface area contributed by atoms with E-state index < -0.39 is 5.60 Å². The normalized spacial score (nSPS) is 17.4. The van der Waals surface area contributed by atoms with Gasteiger partial charge in [0.05, 0.1) is 24.6 Å². The molecular weight excluding hydrogens is 344 g/mol. The summed E-state index contributed by atoms with van der Waals surface area (Å²) in [5.41, 5.74) is 1.81. The Morgan fingerprint density at radius 3 is 2.81 bits per heavy atom. The van der Waals surface area contributed by atoms with Gasteiger partial charge in [0, 0.05) is 25.1 Å². The topological polar surface area (TPSA) is 69.0 Å². The number of nitrogens with zero attached hydrogens (tertiary/aromatic N) is 4. The first-order valence-electron chi connectivity index (χ1n) is 9.15. The van der Waals surface area contributed by atoms with Gasteiger partial charge >= 0.3 is 6.09 Å². The van der Waals surface area contributed by atoms with Crippen LogP contribution in [0.15, 0.2) is 12.3 Å². The van der Waals surface area contributed by atoms with Gasteiger partial charge < -0.3 is 14.4 Å². The predicted octanol–water partition coefficient (Wildman–Crippen LogP) is 3.22. The number of carbonyl (C=O) groups is 1. The lowest BCUT2D eigenvalue weighted by atomic mass is 9.94. The van der Waals surface area contributed by atoms with E-state index >= 15 is 0 Å². The van der Waals surface area contributed by atoms with Crippen molar-refractivity contribution in [2.24, 2.45) is 0 Å². The number of amides is 1. The summed E-state index contributed by atoms with van der Waals surface area (Å²) < 4.78 is 12.7. The SMILES string of the molecule is CC#Cc1cnn2c(OC)cc(C3CCCN(C(=O)OC(C)(C)C)C3)nc12. The summed E-state index contributed by atoms with van der Waals surface area (Å²) in [6, 6.07) is 1.90. The second kappa shape index (κ2) is 7.47. The van der Waals surface area contributed by atoms with Gasteiger partial charge in [-0.1, -0.05) is 5.92 Å². The molecule has 144 valence electrons. The highest BCUT2D eigenvalue weighted by Gasteiger charge is 2.29. The van der Waals surface area contributed by atoms with Crippen molar-refractivity contribution in [2.45, 2.75) is 52.1 Å². The number of piperidine rings is 1. The van der Waals surface area contributed by atoms with Gasteiger partial charge in [0.1, 0.15) is 5.60 Å². The van der Waals surface area contributed by atoms with Crippen molar-refractivity contribution in [3.05, 3.63) is 23.5 Å². The molecule has 0 aromatic carbocycles. The maximum absolute atomic E-state index is 12.5. The van der Waals surface area contributed by atoms with E-state index in [4.69, 9.17) is 14.5 Å². The zero-order valence-corrected chi connectivity index (χ0v) is 16.6. The molecule has 1 unspecified atom stereocenters. The summed E-state index contributed by atoms with van der Waals surface area (Å²) in [5.74, 6) is 6.64. The number of carbonyl (C=O) groups excluding carboxylic acids is 1. The van der Waals surface area contributed by atoms with Crippen LogP contribution in [0.3, 0.4) is 0 Å². The number of fused-ring (bicyclic) bond motifs is 1. The van der Waals surface area contributed by atoms with E-state index in [0.717, 1.165) is 24.1 Å². The van der Waals surface area contributed by atoms with Gasteiger partial charge in [0.2, 0.25) is 5.88 Å². The minimum absolute atomic E-state index is 0.113. The molecule has 1 saturated heterocycles. The first-order chi connectivity index (χ1) is 12.8. The lowest BCUT2D eigenvalue weighted by Gasteiger charge is -2.34. The molecule has 0 bridgehead atoms. The van der Waals surface area contributed by atoms with E-state index in [1.54, 1.807) is 29.6 Å². The molecular formula is C20H26N4O3. The Kier molecular flexibility index (Phi) is 5.26. The number of rotatable bonds is 2. The third-order valence-corrected chi connectivity index (χ3v) is 4.42. The number of aromatic nitrogens is 3. The second-order valence-corrected chi connectivity index (χ2v) is 7.66. The van der Waals surface area contributed by atoms with E-state index in [9.17, 15) is 4.79 Å². The maximum Gasteiger partial charge on any atom is 0.410 e. The average Bonchev–Trinajstić information content (AvgIpc) is 3.03. The fourth-order valence-electron chi connectivity index (χ4n) is 3.24. The predicted molar refractivity (Wildman–Crippen MR) is 102 cm³/mol. The highest BCUT2D eigenvalue weighted by Crippen LogP contribution is 2.29. The van der Waals surface area contributed by atoms with Crippen molar-refractivity contribution < 1.29 is 14.3 Å². The van der Waals surface area contributed by atoms with Gasteiger partial charge in [0.15, 0.2) is 5.65 Å². The third kappa shape index (κ3) is 4.16. The monoisotopic (exact) mass is 370 g/mol. The van der Waals surface area contributed by atoms with Crippen LogP contribution in [0, 0.1) is 11.8 Å². The van der Waals surface area contributed by atoms with Crippen LogP contribution in [0.5, 0.6) is 5.88 Å². The lowest BCUT2D eigenvalue weighted by molar-refractivity contribution is 0.0197. The van der Waals surface area contributed by atoms with E-state index in [0.29, 0.717) is 24.6 Å². The zero-order valence-electron chi connectivity index (χ0n) is 16.6. The molecule has 0 radical (unpaired) electrons. The molecule has 0 saturated carbocycles. The summed E-state index contributed by atoms with van der Waals surface area (Å²) >= 11 is 0. The molecule has 1 aliphatic rings. The highest BCUT2D eigenvalue weighted by atomic mass is 16.6. The van der Waals surface area contributed by atoms with E-state index in [1.165, 1.54) is 0 Å². The Labute approximate surface area is 159 Å². The molecule has 0 N–H and O–H groups in total. The number of ether oxygens (including phenoxy) is 2. The van der Waals surface area contributed by atoms with Gasteiger partial charge in [-0.3, -0.25) is 0 Å². The first kappa shape index (κ1) is 19.0. The van der Waals surface area contributed by atoms with Crippen LogP contribution in [-0.2, 0) is 4.74 Å². The summed E-state index contributed by atoms with van der Waals surface area (Å²) in [6.45, 7) is 8.69. The molecule has 3 rings (SSSR count). The lowest BCUT2D eigenvalue weighted by Crippen LogP contribution is -2.42. The van der Waals surface area contributed by atoms with Crippen molar-refractivity contribution in [1.82, 2.24) is 19.5 Å². The fraction of sp³-hybridized carbons (Fsp3) is 0.550. The summed E-state index contributed by atoms with van der Waals surface area (Å²) in [6.07, 6.45) is 3.27. The van der Waals surface area contributed by atoms with Crippen molar-refractivity contribution in [1.29, 1.82) is 0 Å². The highest BCUT2D eigenvalue weighted by molar-refractivity contribution is 5.68. The van der Waals surface area contributed by atoms with Crippen molar-refractivity contribution >= 4 is 11.7 Å². The molecule has 1 atom stereocenters. The van der Waals surface area contributed by atoms with Crippen molar-refractivity contribution in [3.8, 4) is 17.7 Å². The van der Waals surface area contributed by atoms with Crippen LogP contribution < -0.4 is 4.74 Å². The molecule has 1 amide bonds. The second-order valence-electron chi connectivity index (χ2n) is 7.66. The van der Waals surface area contributed by atoms with E-state index in [2.05, 4.69) is 16.9 Å². The Morgan fingerprint density at radius 2 is 2.15 bits per heavy atom. The molecule has 0 spiro atoms. The number of hydrogen-bond acceptors (Lipinski definition) is 5. The molecule has 27 heavy (non-hydrogen) atoms. The summed E-state index contributed by atoms with van der Waals surface area (Å²) in [4.78, 5) is 19.0. The van der Waals surface area contributed by atoms with Crippen LogP contribution in [0.1, 0.15) is 57.7 Å². The van der Waals surface area contributed by atoms with Crippen LogP contribution in [0.25, 0.3) is 5.65 Å². The van der Waals surface area contributed by atoms with E-state index in [1.807, 2.05) is 26.8 Å². The minimum atomic E-state index is -0.504. The molecule has 1 aliphatic heterocycles. The number of hydrogen-bond donors (Lipinski definition) is 0. The third-order valence-electron chi connectivity index (χ3n) is 4.42.